The Kier molecular flexibility index (Phi) is 5.85. The van der Waals surface area contributed by atoms with Crippen LogP contribution in [0.1, 0.15) is 37.8 Å². The zero-order valence-electron chi connectivity index (χ0n) is 15.5. The van der Waals surface area contributed by atoms with Crippen molar-refractivity contribution in [1.29, 1.82) is 0 Å². The maximum Gasteiger partial charge on any atom is 0.328 e. The number of nitrogens with zero attached hydrogens (tertiary/aromatic N) is 3. The lowest BCUT2D eigenvalue weighted by Crippen LogP contribution is -2.18. The zero-order chi connectivity index (χ0) is 19.4. The van der Waals surface area contributed by atoms with Gasteiger partial charge in [0.25, 0.3) is 0 Å². The van der Waals surface area contributed by atoms with Gasteiger partial charge in [-0.25, -0.2) is 4.79 Å². The second-order valence-corrected chi connectivity index (χ2v) is 7.20. The summed E-state index contributed by atoms with van der Waals surface area (Å²) >= 11 is 5.15. The highest BCUT2D eigenvalue weighted by Crippen LogP contribution is 2.19. The molecular weight excluding hydrogens is 362 g/mol. The molecule has 8 heteroatoms. The van der Waals surface area contributed by atoms with Gasteiger partial charge >= 0.3 is 11.7 Å². The summed E-state index contributed by atoms with van der Waals surface area (Å²) in [6.07, 6.45) is 2.67. The number of nitrogens with one attached hydrogen (secondary N) is 1. The van der Waals surface area contributed by atoms with Crippen molar-refractivity contribution in [2.24, 2.45) is 0 Å². The molecule has 0 aliphatic carbocycles. The maximum absolute atomic E-state index is 12.4. The minimum Gasteiger partial charge on any atom is -0.463 e. The number of aromatic amines is 1. The molecule has 0 aliphatic heterocycles. The summed E-state index contributed by atoms with van der Waals surface area (Å²) < 4.78 is 7.10. The van der Waals surface area contributed by atoms with Gasteiger partial charge in [0.1, 0.15) is 5.52 Å². The van der Waals surface area contributed by atoms with Crippen molar-refractivity contribution >= 4 is 34.1 Å². The summed E-state index contributed by atoms with van der Waals surface area (Å²) in [6, 6.07) is 8.21. The van der Waals surface area contributed by atoms with Crippen LogP contribution in [0.2, 0.25) is 0 Å². The quantitative estimate of drug-likeness (QED) is 0.457. The van der Waals surface area contributed by atoms with Crippen molar-refractivity contribution in [3.63, 3.8) is 0 Å². The van der Waals surface area contributed by atoms with Crippen LogP contribution in [-0.4, -0.2) is 31.0 Å². The number of imidazole rings is 1. The molecule has 0 spiro atoms. The van der Waals surface area contributed by atoms with Crippen LogP contribution in [0.5, 0.6) is 6.01 Å². The number of hydrogen-bond acceptors (Lipinski definition) is 6. The first-order valence-corrected chi connectivity index (χ1v) is 9.34. The number of rotatable bonds is 8. The molecule has 0 amide bonds. The van der Waals surface area contributed by atoms with Gasteiger partial charge in [-0.2, -0.15) is 9.97 Å². The fourth-order valence-electron chi connectivity index (χ4n) is 2.78. The predicted molar refractivity (Wildman–Crippen MR) is 110 cm³/mol. The Labute approximate surface area is 162 Å². The van der Waals surface area contributed by atoms with Crippen molar-refractivity contribution in [3.8, 4) is 6.01 Å². The summed E-state index contributed by atoms with van der Waals surface area (Å²) in [7, 11) is 0. The number of nitrogen functional groups attached to an aromatic ring is 1. The standard InChI is InChI=1S/C19H23N5O2S/c1-3-4-9-26-18-22-16(20)15-17(23-18)24(19(25)21-15)11-14-7-5-13(6-8-14)10-12(2)27/h5-8H,3-4,9-11H2,1-2H3,(H,21,25)(H2,20,22,23). The molecule has 0 fully saturated rings. The lowest BCUT2D eigenvalue weighted by molar-refractivity contribution is 0.286. The van der Waals surface area contributed by atoms with E-state index in [0.29, 0.717) is 24.3 Å². The molecule has 7 nitrogen and oxygen atoms in total. The predicted octanol–water partition coefficient (Wildman–Crippen LogP) is 2.86. The van der Waals surface area contributed by atoms with Gasteiger partial charge in [0.2, 0.25) is 0 Å². The van der Waals surface area contributed by atoms with Gasteiger partial charge in [-0.1, -0.05) is 49.8 Å². The number of benzene rings is 1. The summed E-state index contributed by atoms with van der Waals surface area (Å²) in [5.41, 5.74) is 8.69. The first kappa shape index (κ1) is 19.0. The molecular formula is C19H23N5O2S. The van der Waals surface area contributed by atoms with Crippen molar-refractivity contribution in [3.05, 3.63) is 45.9 Å². The first-order chi connectivity index (χ1) is 13.0. The third-order valence-corrected chi connectivity index (χ3v) is 4.32. The molecule has 0 saturated heterocycles. The fraction of sp³-hybridized carbons (Fsp3) is 0.368. The van der Waals surface area contributed by atoms with Gasteiger partial charge in [-0.05, 0) is 29.3 Å². The first-order valence-electron chi connectivity index (χ1n) is 8.94. The Bertz CT molecular complexity index is 1010. The number of unbranched alkanes of at least 4 members (excludes halogenated alkanes) is 1. The molecule has 27 heavy (non-hydrogen) atoms. The van der Waals surface area contributed by atoms with Gasteiger partial charge in [0.15, 0.2) is 11.5 Å². The minimum absolute atomic E-state index is 0.188. The van der Waals surface area contributed by atoms with Gasteiger partial charge in [0.05, 0.1) is 13.2 Å². The highest BCUT2D eigenvalue weighted by Gasteiger charge is 2.15. The molecule has 0 bridgehead atoms. The smallest absolute Gasteiger partial charge is 0.328 e. The van der Waals surface area contributed by atoms with Crippen LogP contribution in [0.15, 0.2) is 29.1 Å². The Hall–Kier alpha value is -2.74. The molecule has 2 aromatic heterocycles. The van der Waals surface area contributed by atoms with Crippen molar-refractivity contribution in [1.82, 2.24) is 19.5 Å². The topological polar surface area (TPSA) is 98.8 Å². The number of hydrogen-bond donors (Lipinski definition) is 2. The summed E-state index contributed by atoms with van der Waals surface area (Å²) in [6.45, 7) is 4.89. The van der Waals surface area contributed by atoms with Crippen molar-refractivity contribution in [2.75, 3.05) is 12.3 Å². The van der Waals surface area contributed by atoms with Crippen LogP contribution in [0.25, 0.3) is 11.2 Å². The summed E-state index contributed by atoms with van der Waals surface area (Å²) in [5, 5.41) is 0. The third-order valence-electron chi connectivity index (χ3n) is 4.18. The van der Waals surface area contributed by atoms with E-state index in [4.69, 9.17) is 22.7 Å². The fourth-order valence-corrected chi connectivity index (χ4v) is 2.95. The highest BCUT2D eigenvalue weighted by atomic mass is 32.1. The lowest BCUT2D eigenvalue weighted by Gasteiger charge is -2.07. The van der Waals surface area contributed by atoms with Gasteiger partial charge in [-0.15, -0.1) is 0 Å². The second-order valence-electron chi connectivity index (χ2n) is 6.50. The Balaban J connectivity index is 1.90. The Morgan fingerprint density at radius 1 is 1.26 bits per heavy atom. The van der Waals surface area contributed by atoms with E-state index in [1.54, 1.807) is 4.57 Å². The van der Waals surface area contributed by atoms with Crippen molar-refractivity contribution in [2.45, 2.75) is 39.7 Å². The van der Waals surface area contributed by atoms with Gasteiger partial charge in [-0.3, -0.25) is 4.57 Å². The second kappa shape index (κ2) is 8.30. The highest BCUT2D eigenvalue weighted by molar-refractivity contribution is 7.80. The van der Waals surface area contributed by atoms with E-state index in [1.165, 1.54) is 0 Å². The van der Waals surface area contributed by atoms with E-state index in [0.717, 1.165) is 35.3 Å². The number of fused-ring (bicyclic) bond motifs is 1. The summed E-state index contributed by atoms with van der Waals surface area (Å²) in [5.74, 6) is 0.203. The van der Waals surface area contributed by atoms with E-state index in [-0.39, 0.29) is 17.5 Å². The van der Waals surface area contributed by atoms with Crippen LogP contribution < -0.4 is 16.2 Å². The zero-order valence-corrected chi connectivity index (χ0v) is 16.3. The number of nitrogens with two attached hydrogens (primary N) is 1. The molecule has 0 saturated carbocycles. The van der Waals surface area contributed by atoms with Crippen molar-refractivity contribution < 1.29 is 4.74 Å². The monoisotopic (exact) mass is 385 g/mol. The Morgan fingerprint density at radius 3 is 2.63 bits per heavy atom. The summed E-state index contributed by atoms with van der Waals surface area (Å²) in [4.78, 5) is 24.6. The average Bonchev–Trinajstić information content (AvgIpc) is 2.93. The molecule has 0 aliphatic rings. The van der Waals surface area contributed by atoms with Crippen LogP contribution in [0.4, 0.5) is 5.82 Å². The van der Waals surface area contributed by atoms with Crippen LogP contribution in [0, 0.1) is 0 Å². The van der Waals surface area contributed by atoms with E-state index in [1.807, 2.05) is 31.2 Å². The largest absolute Gasteiger partial charge is 0.463 e. The Morgan fingerprint density at radius 2 is 1.96 bits per heavy atom. The van der Waals surface area contributed by atoms with Crippen LogP contribution >= 0.6 is 12.2 Å². The molecule has 3 aromatic rings. The number of anilines is 1. The molecule has 142 valence electrons. The van der Waals surface area contributed by atoms with E-state index >= 15 is 0 Å². The molecule has 3 rings (SSSR count). The molecule has 0 radical (unpaired) electrons. The normalized spacial score (nSPS) is 11.0. The number of thiocarbonyl (C=S) groups is 1. The SMILES string of the molecule is CCCCOc1nc(N)c2[nH]c(=O)n(Cc3ccc(CC(C)=S)cc3)c2n1. The molecule has 0 unspecified atom stereocenters. The number of aromatic nitrogens is 4. The number of ether oxygens (including phenoxy) is 1. The molecule has 1 aromatic carbocycles. The van der Waals surface area contributed by atoms with Gasteiger partial charge < -0.3 is 15.5 Å². The van der Waals surface area contributed by atoms with E-state index < -0.39 is 0 Å². The molecule has 3 N–H and O–H groups in total. The van der Waals surface area contributed by atoms with Crippen LogP contribution in [0.3, 0.4) is 0 Å². The molecule has 2 heterocycles. The van der Waals surface area contributed by atoms with Crippen LogP contribution in [-0.2, 0) is 13.0 Å². The maximum atomic E-state index is 12.4. The third kappa shape index (κ3) is 4.51. The average molecular weight is 385 g/mol. The molecule has 0 atom stereocenters. The van der Waals surface area contributed by atoms with E-state index in [2.05, 4.69) is 21.9 Å². The van der Waals surface area contributed by atoms with Gasteiger partial charge in [0, 0.05) is 6.42 Å². The number of H-pyrrole nitrogens is 1. The lowest BCUT2D eigenvalue weighted by atomic mass is 10.1. The minimum atomic E-state index is -0.282. The van der Waals surface area contributed by atoms with E-state index in [9.17, 15) is 4.79 Å².